The van der Waals surface area contributed by atoms with E-state index in [1.54, 1.807) is 38.5 Å². The fourth-order valence-corrected chi connectivity index (χ4v) is 6.98. The highest BCUT2D eigenvalue weighted by Crippen LogP contribution is 2.47. The van der Waals surface area contributed by atoms with E-state index in [4.69, 9.17) is 25.8 Å². The zero-order valence-electron chi connectivity index (χ0n) is 20.8. The summed E-state index contributed by atoms with van der Waals surface area (Å²) >= 11 is 7.76. The Hall–Kier alpha value is -2.17. The molecule has 1 unspecified atom stereocenters. The smallest absolute Gasteiger partial charge is 0.258 e. The minimum atomic E-state index is -3.99. The fourth-order valence-electron chi connectivity index (χ4n) is 4.50. The number of sulfonamides is 1. The molecule has 1 aliphatic heterocycles. The van der Waals surface area contributed by atoms with Crippen molar-refractivity contribution in [2.45, 2.75) is 23.9 Å². The zero-order chi connectivity index (χ0) is 25.9. The van der Waals surface area contributed by atoms with Crippen LogP contribution in [0.4, 0.5) is 5.69 Å². The van der Waals surface area contributed by atoms with Crippen LogP contribution < -0.4 is 9.46 Å². The van der Waals surface area contributed by atoms with Gasteiger partial charge in [-0.15, -0.1) is 11.8 Å². The first kappa shape index (κ1) is 26.9. The summed E-state index contributed by atoms with van der Waals surface area (Å²) in [6.45, 7) is 1.74. The van der Waals surface area contributed by atoms with Crippen molar-refractivity contribution in [3.05, 3.63) is 75.9 Å². The summed E-state index contributed by atoms with van der Waals surface area (Å²) in [6.07, 6.45) is 4.60. The second-order valence-corrected chi connectivity index (χ2v) is 12.0. The number of benzene rings is 2. The minimum Gasteiger partial charge on any atom is -0.497 e. The van der Waals surface area contributed by atoms with Crippen molar-refractivity contribution < 1.29 is 22.6 Å². The maximum atomic E-state index is 13.9. The Balaban J connectivity index is 1.72. The molecule has 36 heavy (non-hydrogen) atoms. The molecular formula is C26H31ClN2O5S2. The Kier molecular flexibility index (Phi) is 8.26. The van der Waals surface area contributed by atoms with E-state index >= 15 is 0 Å². The van der Waals surface area contributed by atoms with Gasteiger partial charge in [0.25, 0.3) is 10.0 Å². The van der Waals surface area contributed by atoms with Gasteiger partial charge in [0.05, 0.1) is 22.7 Å². The second-order valence-electron chi connectivity index (χ2n) is 8.80. The van der Waals surface area contributed by atoms with Gasteiger partial charge in [-0.25, -0.2) is 8.42 Å². The van der Waals surface area contributed by atoms with E-state index in [1.807, 2.05) is 43.6 Å². The Bertz CT molecular complexity index is 1260. The summed E-state index contributed by atoms with van der Waals surface area (Å²) in [4.78, 5) is 1.42. The highest BCUT2D eigenvalue weighted by molar-refractivity contribution is 8.00. The van der Waals surface area contributed by atoms with Crippen molar-refractivity contribution in [1.29, 1.82) is 0 Å². The van der Waals surface area contributed by atoms with Gasteiger partial charge in [-0.3, -0.25) is 4.72 Å². The van der Waals surface area contributed by atoms with Crippen LogP contribution in [0.1, 0.15) is 18.4 Å². The number of methoxy groups -OCH3 is 2. The first-order valence-corrected chi connectivity index (χ1v) is 14.6. The molecule has 2 aromatic carbocycles. The molecule has 2 aromatic rings. The highest BCUT2D eigenvalue weighted by atomic mass is 35.5. The molecule has 0 saturated carbocycles. The van der Waals surface area contributed by atoms with Crippen molar-refractivity contribution in [1.82, 2.24) is 4.90 Å². The predicted molar refractivity (Wildman–Crippen MR) is 147 cm³/mol. The third-order valence-electron chi connectivity index (χ3n) is 6.46. The molecule has 1 aliphatic carbocycles. The average molecular weight is 551 g/mol. The van der Waals surface area contributed by atoms with Crippen LogP contribution in [0.5, 0.6) is 5.75 Å². The minimum absolute atomic E-state index is 0.00611. The molecule has 194 valence electrons. The zero-order valence-corrected chi connectivity index (χ0v) is 23.2. The molecule has 2 atom stereocenters. The van der Waals surface area contributed by atoms with Gasteiger partial charge in [-0.1, -0.05) is 41.9 Å². The number of likely N-dealkylation sites (tertiary alicyclic amines) is 1. The van der Waals surface area contributed by atoms with Crippen LogP contribution in [0.2, 0.25) is 5.02 Å². The summed E-state index contributed by atoms with van der Waals surface area (Å²) in [5.74, 6) is 1.01. The van der Waals surface area contributed by atoms with Crippen molar-refractivity contribution in [3.8, 4) is 5.75 Å². The lowest BCUT2D eigenvalue weighted by atomic mass is 9.96. The van der Waals surface area contributed by atoms with E-state index < -0.39 is 15.0 Å². The standard InChI is InChI=1S/C26H31ClN2O5S2/c1-29-13-12-20(17-29)34-23-14-19(10-11-22(23)27)28-36(30,31)24-16-26(33-3,35-4)25(32-2)15-21(24)18-8-6-5-7-9-18/h5-11,14-15,20,28H,12-13,16-17H2,1-4H3/t20-,26?/m1/s1. The van der Waals surface area contributed by atoms with Crippen molar-refractivity contribution in [2.24, 2.45) is 0 Å². The van der Waals surface area contributed by atoms with Gasteiger partial charge in [0.1, 0.15) is 17.6 Å². The predicted octanol–water partition coefficient (Wildman–Crippen LogP) is 5.22. The number of ether oxygens (including phenoxy) is 3. The number of thioether (sulfide) groups is 1. The molecule has 1 fully saturated rings. The molecular weight excluding hydrogens is 520 g/mol. The Morgan fingerprint density at radius 1 is 1.17 bits per heavy atom. The third kappa shape index (κ3) is 5.55. The molecule has 0 aromatic heterocycles. The van der Waals surface area contributed by atoms with Gasteiger partial charge in [0.2, 0.25) is 0 Å². The average Bonchev–Trinajstić information content (AvgIpc) is 3.29. The Morgan fingerprint density at radius 3 is 2.53 bits per heavy atom. The third-order valence-corrected chi connectivity index (χ3v) is 9.46. The SMILES string of the molecule is COC1=CC(c2ccccc2)=C(S(=O)(=O)Nc2ccc(Cl)c(O[C@@H]3CCN(C)C3)c2)CC1(OC)SC. The van der Waals surface area contributed by atoms with Crippen molar-refractivity contribution in [3.63, 3.8) is 0 Å². The highest BCUT2D eigenvalue weighted by Gasteiger charge is 2.43. The lowest BCUT2D eigenvalue weighted by molar-refractivity contribution is 0.0524. The van der Waals surface area contributed by atoms with Crippen LogP contribution in [0.15, 0.2) is 65.3 Å². The first-order chi connectivity index (χ1) is 17.2. The van der Waals surface area contributed by atoms with Crippen LogP contribution in [-0.4, -0.2) is 65.0 Å². The van der Waals surface area contributed by atoms with Gasteiger partial charge >= 0.3 is 0 Å². The summed E-state index contributed by atoms with van der Waals surface area (Å²) in [5.41, 5.74) is 1.69. The largest absolute Gasteiger partial charge is 0.497 e. The molecule has 0 radical (unpaired) electrons. The first-order valence-electron chi connectivity index (χ1n) is 11.5. The van der Waals surface area contributed by atoms with Crippen LogP contribution >= 0.6 is 23.4 Å². The fraction of sp³-hybridized carbons (Fsp3) is 0.385. The van der Waals surface area contributed by atoms with E-state index in [0.717, 1.165) is 25.1 Å². The molecule has 10 heteroatoms. The molecule has 0 amide bonds. The van der Waals surface area contributed by atoms with E-state index in [0.29, 0.717) is 27.8 Å². The molecule has 2 aliphatic rings. The van der Waals surface area contributed by atoms with E-state index in [2.05, 4.69) is 9.62 Å². The van der Waals surface area contributed by atoms with Gasteiger partial charge in [0, 0.05) is 38.3 Å². The molecule has 4 rings (SSSR count). The number of halogens is 1. The second kappa shape index (κ2) is 11.1. The van der Waals surface area contributed by atoms with E-state index in [-0.39, 0.29) is 17.4 Å². The quantitative estimate of drug-likeness (QED) is 0.429. The van der Waals surface area contributed by atoms with Crippen LogP contribution in [0.3, 0.4) is 0 Å². The summed E-state index contributed by atoms with van der Waals surface area (Å²) in [6, 6.07) is 14.3. The number of rotatable bonds is 9. The molecule has 1 heterocycles. The maximum Gasteiger partial charge on any atom is 0.258 e. The maximum absolute atomic E-state index is 13.9. The Labute approximate surface area is 222 Å². The summed E-state index contributed by atoms with van der Waals surface area (Å²) < 4.78 is 48.0. The van der Waals surface area contributed by atoms with Crippen LogP contribution in [-0.2, 0) is 19.5 Å². The number of nitrogens with zero attached hydrogens (tertiary/aromatic N) is 1. The van der Waals surface area contributed by atoms with E-state index in [1.165, 1.54) is 11.8 Å². The van der Waals surface area contributed by atoms with Crippen molar-refractivity contribution >= 4 is 44.6 Å². The number of anilines is 1. The van der Waals surface area contributed by atoms with Crippen LogP contribution in [0, 0.1) is 0 Å². The van der Waals surface area contributed by atoms with Gasteiger partial charge < -0.3 is 19.1 Å². The normalized spacial score (nSPS) is 22.9. The molecule has 0 bridgehead atoms. The number of hydrogen-bond donors (Lipinski definition) is 1. The van der Waals surface area contributed by atoms with Gasteiger partial charge in [-0.05, 0) is 43.5 Å². The number of allylic oxidation sites excluding steroid dienone is 2. The summed E-state index contributed by atoms with van der Waals surface area (Å²) in [5, 5.41) is 0.433. The van der Waals surface area contributed by atoms with E-state index in [9.17, 15) is 8.42 Å². The summed E-state index contributed by atoms with van der Waals surface area (Å²) in [7, 11) is 1.16. The van der Waals surface area contributed by atoms with Crippen molar-refractivity contribution in [2.75, 3.05) is 45.3 Å². The topological polar surface area (TPSA) is 77.1 Å². The number of nitrogens with one attached hydrogen (secondary N) is 1. The molecule has 1 saturated heterocycles. The lowest BCUT2D eigenvalue weighted by Crippen LogP contribution is -2.36. The van der Waals surface area contributed by atoms with Crippen LogP contribution in [0.25, 0.3) is 5.57 Å². The molecule has 0 spiro atoms. The monoisotopic (exact) mass is 550 g/mol. The molecule has 1 N–H and O–H groups in total. The van der Waals surface area contributed by atoms with Gasteiger partial charge in [0.15, 0.2) is 4.93 Å². The Morgan fingerprint density at radius 2 is 1.92 bits per heavy atom. The number of hydrogen-bond acceptors (Lipinski definition) is 7. The lowest BCUT2D eigenvalue weighted by Gasteiger charge is -2.36. The van der Waals surface area contributed by atoms with Gasteiger partial charge in [-0.2, -0.15) is 0 Å². The number of likely N-dealkylation sites (N-methyl/N-ethyl adjacent to an activating group) is 1. The molecule has 7 nitrogen and oxygen atoms in total.